The third-order valence-electron chi connectivity index (χ3n) is 3.58. The predicted octanol–water partition coefficient (Wildman–Crippen LogP) is 3.61. The molecule has 1 N–H and O–H groups in total. The topological polar surface area (TPSA) is 68.5 Å². The zero-order valence-electron chi connectivity index (χ0n) is 12.9. The van der Waals surface area contributed by atoms with E-state index in [-0.39, 0.29) is 17.2 Å². The first kappa shape index (κ1) is 17.8. The molecule has 0 aliphatic heterocycles. The minimum atomic E-state index is -4.88. The maximum Gasteiger partial charge on any atom is 0.573 e. The molecule has 0 amide bonds. The van der Waals surface area contributed by atoms with Gasteiger partial charge in [-0.15, -0.1) is 13.2 Å². The second-order valence-corrected chi connectivity index (χ2v) is 5.27. The summed E-state index contributed by atoms with van der Waals surface area (Å²) in [6.45, 7) is 2.28. The highest BCUT2D eigenvalue weighted by molar-refractivity contribution is 5.94. The number of carbonyl (C=O) groups excluding carboxylic acids is 1. The van der Waals surface area contributed by atoms with Crippen LogP contribution in [-0.4, -0.2) is 22.3 Å². The van der Waals surface area contributed by atoms with Gasteiger partial charge in [-0.2, -0.15) is 0 Å². The van der Waals surface area contributed by atoms with Gasteiger partial charge >= 0.3 is 6.36 Å². The highest BCUT2D eigenvalue weighted by Gasteiger charge is 2.31. The van der Waals surface area contributed by atoms with Gasteiger partial charge in [0.05, 0.1) is 5.52 Å². The molecule has 0 saturated carbocycles. The third kappa shape index (κ3) is 3.69. The van der Waals surface area contributed by atoms with Gasteiger partial charge in [0, 0.05) is 11.9 Å². The molecule has 1 aromatic heterocycles. The highest BCUT2D eigenvalue weighted by Crippen LogP contribution is 2.31. The predicted molar refractivity (Wildman–Crippen MR) is 81.5 cm³/mol. The molecule has 0 aliphatic rings. The van der Waals surface area contributed by atoms with E-state index in [9.17, 15) is 27.9 Å². The van der Waals surface area contributed by atoms with Gasteiger partial charge in [0.15, 0.2) is 6.29 Å². The standard InChI is InChI=1S/C16H16F3NO4/c1-2-3-4-7-20-13-6-5-10(24-16(17,18)19)8-11(13)14(22)12(9-21)15(20)23/h5-6,8-9,22H,2-4,7H2,1H3. The van der Waals surface area contributed by atoms with Crippen molar-refractivity contribution in [3.05, 3.63) is 34.1 Å². The molecule has 0 fully saturated rings. The van der Waals surface area contributed by atoms with Gasteiger partial charge < -0.3 is 14.4 Å². The van der Waals surface area contributed by atoms with Crippen LogP contribution in [0.4, 0.5) is 13.2 Å². The smallest absolute Gasteiger partial charge is 0.506 e. The van der Waals surface area contributed by atoms with Gasteiger partial charge in [0.25, 0.3) is 5.56 Å². The lowest BCUT2D eigenvalue weighted by Gasteiger charge is -2.15. The third-order valence-corrected chi connectivity index (χ3v) is 3.58. The summed E-state index contributed by atoms with van der Waals surface area (Å²) in [5.74, 6) is -1.19. The molecule has 1 heterocycles. The van der Waals surface area contributed by atoms with Crippen molar-refractivity contribution in [1.29, 1.82) is 0 Å². The Morgan fingerprint density at radius 2 is 2.00 bits per heavy atom. The van der Waals surface area contributed by atoms with Crippen LogP contribution in [-0.2, 0) is 6.54 Å². The second-order valence-electron chi connectivity index (χ2n) is 5.27. The Morgan fingerprint density at radius 1 is 1.29 bits per heavy atom. The van der Waals surface area contributed by atoms with E-state index < -0.39 is 29.0 Å². The van der Waals surface area contributed by atoms with Crippen LogP contribution in [0.15, 0.2) is 23.0 Å². The fourth-order valence-corrected chi connectivity index (χ4v) is 2.49. The normalized spacial score (nSPS) is 11.7. The summed E-state index contributed by atoms with van der Waals surface area (Å²) in [6.07, 6.45) is -2.26. The lowest BCUT2D eigenvalue weighted by molar-refractivity contribution is -0.274. The molecule has 5 nitrogen and oxygen atoms in total. The molecule has 0 saturated heterocycles. The molecule has 2 rings (SSSR count). The van der Waals surface area contributed by atoms with Crippen molar-refractivity contribution >= 4 is 17.2 Å². The summed E-state index contributed by atoms with van der Waals surface area (Å²) in [4.78, 5) is 23.4. The second kappa shape index (κ2) is 6.94. The average molecular weight is 343 g/mol. The highest BCUT2D eigenvalue weighted by atomic mass is 19.4. The number of aromatic hydroxyl groups is 1. The molecule has 2 aromatic rings. The minimum Gasteiger partial charge on any atom is -0.506 e. The Hall–Kier alpha value is -2.51. The molecular weight excluding hydrogens is 327 g/mol. The number of halogens is 3. The van der Waals surface area contributed by atoms with Crippen LogP contribution < -0.4 is 10.3 Å². The van der Waals surface area contributed by atoms with E-state index in [1.807, 2.05) is 6.92 Å². The lowest BCUT2D eigenvalue weighted by atomic mass is 10.1. The Morgan fingerprint density at radius 3 is 2.58 bits per heavy atom. The number of unbranched alkanes of at least 4 members (excludes halogenated alkanes) is 2. The number of aryl methyl sites for hydroxylation is 1. The quantitative estimate of drug-likeness (QED) is 0.643. The molecule has 1 aromatic carbocycles. The van der Waals surface area contributed by atoms with Crippen LogP contribution in [0.1, 0.15) is 36.5 Å². The number of hydrogen-bond acceptors (Lipinski definition) is 4. The number of fused-ring (bicyclic) bond motifs is 1. The van der Waals surface area contributed by atoms with Crippen molar-refractivity contribution < 1.29 is 27.8 Å². The van der Waals surface area contributed by atoms with Gasteiger partial charge in [0.1, 0.15) is 17.1 Å². The van der Waals surface area contributed by atoms with Crippen molar-refractivity contribution in [2.24, 2.45) is 0 Å². The number of carbonyl (C=O) groups is 1. The first-order valence-corrected chi connectivity index (χ1v) is 7.39. The molecular formula is C16H16F3NO4. The molecule has 0 atom stereocenters. The van der Waals surface area contributed by atoms with Gasteiger partial charge in [-0.05, 0) is 24.6 Å². The van der Waals surface area contributed by atoms with Crippen LogP contribution in [0.5, 0.6) is 11.5 Å². The molecule has 0 aliphatic carbocycles. The summed E-state index contributed by atoms with van der Waals surface area (Å²) in [6, 6.07) is 3.28. The lowest BCUT2D eigenvalue weighted by Crippen LogP contribution is -2.24. The number of alkyl halides is 3. The molecule has 0 radical (unpaired) electrons. The molecule has 8 heteroatoms. The number of hydrogen-bond donors (Lipinski definition) is 1. The van der Waals surface area contributed by atoms with Crippen molar-refractivity contribution in [3.63, 3.8) is 0 Å². The first-order valence-electron chi connectivity index (χ1n) is 7.39. The van der Waals surface area contributed by atoms with E-state index in [1.54, 1.807) is 0 Å². The minimum absolute atomic E-state index is 0.0463. The van der Waals surface area contributed by atoms with E-state index in [0.717, 1.165) is 25.0 Å². The van der Waals surface area contributed by atoms with E-state index in [0.29, 0.717) is 13.0 Å². The van der Waals surface area contributed by atoms with Gasteiger partial charge in [-0.3, -0.25) is 9.59 Å². The van der Waals surface area contributed by atoms with Crippen LogP contribution in [0, 0.1) is 0 Å². The fourth-order valence-electron chi connectivity index (χ4n) is 2.49. The molecule has 0 unspecified atom stereocenters. The number of rotatable bonds is 6. The Bertz CT molecular complexity index is 812. The number of nitrogens with zero attached hydrogens (tertiary/aromatic N) is 1. The van der Waals surface area contributed by atoms with Crippen molar-refractivity contribution in [1.82, 2.24) is 4.57 Å². The zero-order chi connectivity index (χ0) is 17.9. The van der Waals surface area contributed by atoms with Gasteiger partial charge in [-0.25, -0.2) is 0 Å². The maximum atomic E-state index is 12.3. The van der Waals surface area contributed by atoms with Crippen LogP contribution in [0.25, 0.3) is 10.9 Å². The summed E-state index contributed by atoms with van der Waals surface area (Å²) >= 11 is 0. The summed E-state index contributed by atoms with van der Waals surface area (Å²) in [5, 5.41) is 10.0. The van der Waals surface area contributed by atoms with Crippen LogP contribution in [0.3, 0.4) is 0 Å². The van der Waals surface area contributed by atoms with Crippen LogP contribution >= 0.6 is 0 Å². The van der Waals surface area contributed by atoms with Crippen molar-refractivity contribution in [2.75, 3.05) is 0 Å². The number of aldehydes is 1. The Labute approximate surface area is 135 Å². The fraction of sp³-hybridized carbons (Fsp3) is 0.375. The molecule has 0 bridgehead atoms. The van der Waals surface area contributed by atoms with Gasteiger partial charge in [-0.1, -0.05) is 19.8 Å². The Balaban J connectivity index is 2.63. The Kier molecular flexibility index (Phi) is 5.16. The average Bonchev–Trinajstić information content (AvgIpc) is 2.50. The SMILES string of the molecule is CCCCCn1c(=O)c(C=O)c(O)c2cc(OC(F)(F)F)ccc21. The monoisotopic (exact) mass is 343 g/mol. The van der Waals surface area contributed by atoms with Crippen molar-refractivity contribution in [2.45, 2.75) is 39.1 Å². The summed E-state index contributed by atoms with van der Waals surface area (Å²) in [5.41, 5.74) is -0.910. The largest absolute Gasteiger partial charge is 0.573 e. The maximum absolute atomic E-state index is 12.3. The molecule has 0 spiro atoms. The number of aromatic nitrogens is 1. The number of ether oxygens (including phenoxy) is 1. The zero-order valence-corrected chi connectivity index (χ0v) is 12.9. The summed E-state index contributed by atoms with van der Waals surface area (Å²) < 4.78 is 42.1. The molecule has 130 valence electrons. The van der Waals surface area contributed by atoms with E-state index >= 15 is 0 Å². The van der Waals surface area contributed by atoms with Gasteiger partial charge in [0.2, 0.25) is 0 Å². The van der Waals surface area contributed by atoms with Crippen LogP contribution in [0.2, 0.25) is 0 Å². The number of benzene rings is 1. The number of pyridine rings is 1. The van der Waals surface area contributed by atoms with E-state index in [4.69, 9.17) is 0 Å². The summed E-state index contributed by atoms with van der Waals surface area (Å²) in [7, 11) is 0. The van der Waals surface area contributed by atoms with E-state index in [2.05, 4.69) is 4.74 Å². The molecule has 24 heavy (non-hydrogen) atoms. The van der Waals surface area contributed by atoms with E-state index in [1.165, 1.54) is 10.6 Å². The first-order chi connectivity index (χ1) is 11.3. The van der Waals surface area contributed by atoms with Crippen molar-refractivity contribution in [3.8, 4) is 11.5 Å².